The topological polar surface area (TPSA) is 95.6 Å². The van der Waals surface area contributed by atoms with Crippen LogP contribution >= 0.6 is 0 Å². The maximum Gasteiger partial charge on any atom is 0.262 e. The van der Waals surface area contributed by atoms with Crippen LogP contribution in [0.15, 0.2) is 24.3 Å². The molecule has 1 heterocycles. The molecule has 1 aromatic carbocycles. The molecule has 27 heavy (non-hydrogen) atoms. The third-order valence-electron chi connectivity index (χ3n) is 4.41. The Hall–Kier alpha value is -2.70. The predicted molar refractivity (Wildman–Crippen MR) is 101 cm³/mol. The predicted octanol–water partition coefficient (Wildman–Crippen LogP) is 1.73. The van der Waals surface area contributed by atoms with Crippen LogP contribution in [0.4, 0.5) is 0 Å². The van der Waals surface area contributed by atoms with Crippen molar-refractivity contribution < 1.29 is 19.2 Å². The lowest BCUT2D eigenvalue weighted by Gasteiger charge is -2.26. The van der Waals surface area contributed by atoms with Crippen LogP contribution in [0.2, 0.25) is 0 Å². The van der Waals surface area contributed by atoms with Crippen molar-refractivity contribution >= 4 is 23.6 Å². The first-order valence-corrected chi connectivity index (χ1v) is 9.32. The second kappa shape index (κ2) is 9.30. The summed E-state index contributed by atoms with van der Waals surface area (Å²) >= 11 is 0. The van der Waals surface area contributed by atoms with Crippen molar-refractivity contribution in [2.24, 2.45) is 5.92 Å². The summed E-state index contributed by atoms with van der Waals surface area (Å²) in [5.74, 6) is -1.09. The van der Waals surface area contributed by atoms with E-state index in [0.29, 0.717) is 37.1 Å². The lowest BCUT2D eigenvalue weighted by molar-refractivity contribution is -0.125. The van der Waals surface area contributed by atoms with Gasteiger partial charge in [-0.05, 0) is 37.3 Å². The highest BCUT2D eigenvalue weighted by Crippen LogP contribution is 2.26. The number of hydrogen-bond acceptors (Lipinski definition) is 4. The van der Waals surface area contributed by atoms with E-state index in [0.717, 1.165) is 11.3 Å². The summed E-state index contributed by atoms with van der Waals surface area (Å²) in [7, 11) is 0. The zero-order valence-corrected chi connectivity index (χ0v) is 16.1. The fourth-order valence-electron chi connectivity index (χ4n) is 3.11. The fourth-order valence-corrected chi connectivity index (χ4v) is 3.11. The Morgan fingerprint density at radius 3 is 1.96 bits per heavy atom. The highest BCUT2D eigenvalue weighted by Gasteiger charge is 2.42. The monoisotopic (exact) mass is 373 g/mol. The highest BCUT2D eigenvalue weighted by atomic mass is 16.2. The van der Waals surface area contributed by atoms with E-state index in [1.807, 2.05) is 13.8 Å². The molecule has 0 spiro atoms. The van der Waals surface area contributed by atoms with Crippen molar-refractivity contribution in [2.75, 3.05) is 13.1 Å². The third-order valence-corrected chi connectivity index (χ3v) is 4.41. The summed E-state index contributed by atoms with van der Waals surface area (Å²) in [6.07, 6.45) is 1.84. The van der Waals surface area contributed by atoms with E-state index < -0.39 is 17.9 Å². The Labute approximate surface area is 159 Å². The Kier molecular flexibility index (Phi) is 7.10. The molecule has 0 saturated carbocycles. The largest absolute Gasteiger partial charge is 0.356 e. The molecule has 1 aliphatic rings. The first kappa shape index (κ1) is 20.6. The summed E-state index contributed by atoms with van der Waals surface area (Å²) in [4.78, 5) is 50.0. The van der Waals surface area contributed by atoms with Gasteiger partial charge in [0, 0.05) is 20.0 Å². The molecule has 1 unspecified atom stereocenters. The van der Waals surface area contributed by atoms with Gasteiger partial charge in [-0.2, -0.15) is 0 Å². The number of carbonyl (C=O) groups is 4. The lowest BCUT2D eigenvalue weighted by Crippen LogP contribution is -2.50. The number of hydrogen-bond donors (Lipinski definition) is 2. The van der Waals surface area contributed by atoms with Crippen molar-refractivity contribution in [3.8, 4) is 0 Å². The number of imide groups is 1. The number of fused-ring (bicyclic) bond motifs is 1. The summed E-state index contributed by atoms with van der Waals surface area (Å²) in [6, 6.07) is 5.82. The van der Waals surface area contributed by atoms with Crippen LogP contribution in [-0.4, -0.2) is 47.7 Å². The van der Waals surface area contributed by atoms with Gasteiger partial charge < -0.3 is 10.6 Å². The van der Waals surface area contributed by atoms with Crippen LogP contribution in [-0.2, 0) is 9.59 Å². The Bertz CT molecular complexity index is 695. The SMILES string of the molecule is CC(=O)NCCCCNC(=O)C(CC(C)C)N1C(=O)c2ccccc2C1=O. The normalized spacial score (nSPS) is 14.3. The smallest absolute Gasteiger partial charge is 0.262 e. The molecule has 0 radical (unpaired) electrons. The Morgan fingerprint density at radius 1 is 0.963 bits per heavy atom. The molecule has 4 amide bonds. The summed E-state index contributed by atoms with van der Waals surface area (Å²) in [6.45, 7) is 6.34. The van der Waals surface area contributed by atoms with E-state index in [1.165, 1.54) is 6.92 Å². The average molecular weight is 373 g/mol. The van der Waals surface area contributed by atoms with Gasteiger partial charge in [-0.1, -0.05) is 26.0 Å². The fraction of sp³-hybridized carbons (Fsp3) is 0.500. The number of unbranched alkanes of at least 4 members (excludes halogenated alkanes) is 1. The Morgan fingerprint density at radius 2 is 1.48 bits per heavy atom. The van der Waals surface area contributed by atoms with E-state index in [-0.39, 0.29) is 17.7 Å². The molecule has 7 heteroatoms. The molecule has 1 aromatic rings. The van der Waals surface area contributed by atoms with Gasteiger partial charge in [0.1, 0.15) is 6.04 Å². The summed E-state index contributed by atoms with van der Waals surface area (Å²) < 4.78 is 0. The lowest BCUT2D eigenvalue weighted by atomic mass is 10.0. The molecule has 2 rings (SSSR count). The van der Waals surface area contributed by atoms with Gasteiger partial charge in [0.25, 0.3) is 11.8 Å². The minimum absolute atomic E-state index is 0.0818. The van der Waals surface area contributed by atoms with Gasteiger partial charge in [0.2, 0.25) is 11.8 Å². The van der Waals surface area contributed by atoms with Crippen LogP contribution in [0.3, 0.4) is 0 Å². The number of nitrogens with one attached hydrogen (secondary N) is 2. The van der Waals surface area contributed by atoms with Gasteiger partial charge in [-0.3, -0.25) is 24.1 Å². The minimum atomic E-state index is -0.826. The quantitative estimate of drug-likeness (QED) is 0.509. The number of rotatable bonds is 9. The molecule has 0 saturated heterocycles. The van der Waals surface area contributed by atoms with E-state index in [4.69, 9.17) is 0 Å². The van der Waals surface area contributed by atoms with Crippen molar-refractivity contribution in [1.82, 2.24) is 15.5 Å². The zero-order chi connectivity index (χ0) is 20.0. The maximum atomic E-state index is 12.7. The van der Waals surface area contributed by atoms with Crippen LogP contribution in [0, 0.1) is 5.92 Å². The first-order valence-electron chi connectivity index (χ1n) is 9.32. The van der Waals surface area contributed by atoms with E-state index in [1.54, 1.807) is 24.3 Å². The molecule has 0 bridgehead atoms. The zero-order valence-electron chi connectivity index (χ0n) is 16.1. The standard InChI is InChI=1S/C20H27N3O4/c1-13(2)12-17(18(25)22-11-7-6-10-21-14(3)24)23-19(26)15-8-4-5-9-16(15)20(23)27/h4-5,8-9,13,17H,6-7,10-12H2,1-3H3,(H,21,24)(H,22,25). The van der Waals surface area contributed by atoms with Gasteiger partial charge in [-0.15, -0.1) is 0 Å². The minimum Gasteiger partial charge on any atom is -0.356 e. The molecule has 7 nitrogen and oxygen atoms in total. The average Bonchev–Trinajstić information content (AvgIpc) is 2.87. The van der Waals surface area contributed by atoms with E-state index in [9.17, 15) is 19.2 Å². The van der Waals surface area contributed by atoms with Crippen molar-refractivity contribution in [2.45, 2.75) is 46.1 Å². The molecule has 0 aliphatic carbocycles. The van der Waals surface area contributed by atoms with E-state index in [2.05, 4.69) is 10.6 Å². The van der Waals surface area contributed by atoms with Crippen molar-refractivity contribution in [1.29, 1.82) is 0 Å². The molecule has 1 atom stereocenters. The van der Waals surface area contributed by atoms with E-state index >= 15 is 0 Å². The second-order valence-corrected chi connectivity index (χ2v) is 7.15. The number of amides is 4. The highest BCUT2D eigenvalue weighted by molar-refractivity contribution is 6.22. The number of nitrogens with zero attached hydrogens (tertiary/aromatic N) is 1. The third kappa shape index (κ3) is 5.15. The number of carbonyl (C=O) groups excluding carboxylic acids is 4. The molecule has 0 aromatic heterocycles. The van der Waals surface area contributed by atoms with Crippen LogP contribution in [0.25, 0.3) is 0 Å². The van der Waals surface area contributed by atoms with Gasteiger partial charge in [0.15, 0.2) is 0 Å². The second-order valence-electron chi connectivity index (χ2n) is 7.15. The molecule has 1 aliphatic heterocycles. The first-order chi connectivity index (χ1) is 12.8. The van der Waals surface area contributed by atoms with Crippen LogP contribution < -0.4 is 10.6 Å². The molecule has 146 valence electrons. The van der Waals surface area contributed by atoms with Crippen LogP contribution in [0.5, 0.6) is 0 Å². The molecule has 0 fully saturated rings. The molecular formula is C20H27N3O4. The number of benzene rings is 1. The van der Waals surface area contributed by atoms with Gasteiger partial charge >= 0.3 is 0 Å². The molecule has 2 N–H and O–H groups in total. The van der Waals surface area contributed by atoms with Crippen molar-refractivity contribution in [3.05, 3.63) is 35.4 Å². The van der Waals surface area contributed by atoms with Crippen molar-refractivity contribution in [3.63, 3.8) is 0 Å². The van der Waals surface area contributed by atoms with Gasteiger partial charge in [-0.25, -0.2) is 0 Å². The van der Waals surface area contributed by atoms with Gasteiger partial charge in [0.05, 0.1) is 11.1 Å². The maximum absolute atomic E-state index is 12.7. The summed E-state index contributed by atoms with van der Waals surface area (Å²) in [5, 5.41) is 5.52. The van der Waals surface area contributed by atoms with Crippen LogP contribution in [0.1, 0.15) is 60.7 Å². The Balaban J connectivity index is 2.01. The summed E-state index contributed by atoms with van der Waals surface area (Å²) in [5.41, 5.74) is 0.693. The molecular weight excluding hydrogens is 346 g/mol.